The Hall–Kier alpha value is -1.85. The molecule has 1 amide bonds. The SMILES string of the molecule is CCc1c(NC)ncnc1NC(C)C(=O)NC. The van der Waals surface area contributed by atoms with Gasteiger partial charge in [0, 0.05) is 19.7 Å². The second kappa shape index (κ2) is 6.03. The molecular weight excluding hydrogens is 218 g/mol. The summed E-state index contributed by atoms with van der Waals surface area (Å²) in [5, 5.41) is 8.69. The van der Waals surface area contributed by atoms with Crippen LogP contribution in [0.1, 0.15) is 19.4 Å². The van der Waals surface area contributed by atoms with Crippen molar-refractivity contribution in [2.45, 2.75) is 26.3 Å². The first-order chi connectivity index (χ1) is 8.13. The standard InChI is InChI=1S/C11H19N5O/c1-5-8-9(12-3)14-6-15-10(8)16-7(2)11(17)13-4/h6-7H,5H2,1-4H3,(H,13,17)(H2,12,14,15,16). The first-order valence-electron chi connectivity index (χ1n) is 5.63. The molecule has 0 spiro atoms. The molecule has 0 saturated carbocycles. The summed E-state index contributed by atoms with van der Waals surface area (Å²) in [6.45, 7) is 3.81. The molecule has 17 heavy (non-hydrogen) atoms. The zero-order chi connectivity index (χ0) is 12.8. The lowest BCUT2D eigenvalue weighted by atomic mass is 10.2. The number of likely N-dealkylation sites (N-methyl/N-ethyl adjacent to an activating group) is 1. The zero-order valence-corrected chi connectivity index (χ0v) is 10.7. The van der Waals surface area contributed by atoms with E-state index in [-0.39, 0.29) is 11.9 Å². The van der Waals surface area contributed by atoms with Gasteiger partial charge in [-0.2, -0.15) is 0 Å². The normalized spacial score (nSPS) is 11.8. The Morgan fingerprint density at radius 2 is 2.00 bits per heavy atom. The maximum Gasteiger partial charge on any atom is 0.241 e. The van der Waals surface area contributed by atoms with Crippen LogP contribution in [0.15, 0.2) is 6.33 Å². The van der Waals surface area contributed by atoms with Crippen molar-refractivity contribution < 1.29 is 4.79 Å². The number of nitrogens with one attached hydrogen (secondary N) is 3. The lowest BCUT2D eigenvalue weighted by Gasteiger charge is -2.16. The lowest BCUT2D eigenvalue weighted by molar-refractivity contribution is -0.121. The van der Waals surface area contributed by atoms with Crippen molar-refractivity contribution >= 4 is 17.5 Å². The van der Waals surface area contributed by atoms with Gasteiger partial charge in [0.2, 0.25) is 5.91 Å². The van der Waals surface area contributed by atoms with E-state index in [2.05, 4.69) is 25.9 Å². The Balaban J connectivity index is 2.94. The van der Waals surface area contributed by atoms with Gasteiger partial charge in [0.25, 0.3) is 0 Å². The molecule has 94 valence electrons. The molecule has 1 unspecified atom stereocenters. The monoisotopic (exact) mass is 237 g/mol. The van der Waals surface area contributed by atoms with E-state index >= 15 is 0 Å². The molecule has 0 fully saturated rings. The van der Waals surface area contributed by atoms with E-state index in [0.29, 0.717) is 5.82 Å². The maximum absolute atomic E-state index is 11.4. The van der Waals surface area contributed by atoms with E-state index < -0.39 is 0 Å². The molecule has 0 aliphatic carbocycles. The van der Waals surface area contributed by atoms with Crippen molar-refractivity contribution in [3.05, 3.63) is 11.9 Å². The second-order valence-electron chi connectivity index (χ2n) is 3.63. The Kier molecular flexibility index (Phi) is 4.68. The molecule has 0 radical (unpaired) electrons. The van der Waals surface area contributed by atoms with Gasteiger partial charge >= 0.3 is 0 Å². The Morgan fingerprint density at radius 3 is 2.53 bits per heavy atom. The van der Waals surface area contributed by atoms with Crippen molar-refractivity contribution in [1.29, 1.82) is 0 Å². The highest BCUT2D eigenvalue weighted by Crippen LogP contribution is 2.20. The number of anilines is 2. The van der Waals surface area contributed by atoms with Gasteiger partial charge in [-0.3, -0.25) is 4.79 Å². The summed E-state index contributed by atoms with van der Waals surface area (Å²) in [5.74, 6) is 1.41. The summed E-state index contributed by atoms with van der Waals surface area (Å²) in [6, 6.07) is -0.329. The number of carbonyl (C=O) groups is 1. The fraction of sp³-hybridized carbons (Fsp3) is 0.545. The topological polar surface area (TPSA) is 78.9 Å². The number of hydrogen-bond donors (Lipinski definition) is 3. The number of hydrogen-bond acceptors (Lipinski definition) is 5. The minimum Gasteiger partial charge on any atom is -0.373 e. The minimum atomic E-state index is -0.329. The first kappa shape index (κ1) is 13.2. The predicted molar refractivity (Wildman–Crippen MR) is 68.1 cm³/mol. The average Bonchev–Trinajstić information content (AvgIpc) is 2.37. The van der Waals surface area contributed by atoms with Crippen LogP contribution >= 0.6 is 0 Å². The van der Waals surface area contributed by atoms with Gasteiger partial charge in [0.05, 0.1) is 0 Å². The maximum atomic E-state index is 11.4. The van der Waals surface area contributed by atoms with Gasteiger partial charge in [-0.25, -0.2) is 9.97 Å². The van der Waals surface area contributed by atoms with Crippen molar-refractivity contribution in [1.82, 2.24) is 15.3 Å². The van der Waals surface area contributed by atoms with Crippen LogP contribution in [0.5, 0.6) is 0 Å². The Bertz CT molecular complexity index is 393. The summed E-state index contributed by atoms with van der Waals surface area (Å²) >= 11 is 0. The number of carbonyl (C=O) groups excluding carboxylic acids is 1. The van der Waals surface area contributed by atoms with Crippen LogP contribution < -0.4 is 16.0 Å². The third kappa shape index (κ3) is 3.05. The van der Waals surface area contributed by atoms with E-state index in [9.17, 15) is 4.79 Å². The lowest BCUT2D eigenvalue weighted by Crippen LogP contribution is -2.35. The van der Waals surface area contributed by atoms with Crippen LogP contribution in [0.25, 0.3) is 0 Å². The molecule has 1 atom stereocenters. The van der Waals surface area contributed by atoms with E-state index in [1.807, 2.05) is 14.0 Å². The Labute approximate surface area is 101 Å². The third-order valence-electron chi connectivity index (χ3n) is 2.53. The van der Waals surface area contributed by atoms with Crippen LogP contribution in [0.4, 0.5) is 11.6 Å². The van der Waals surface area contributed by atoms with Crippen molar-refractivity contribution in [2.75, 3.05) is 24.7 Å². The fourth-order valence-corrected chi connectivity index (χ4v) is 1.57. The van der Waals surface area contributed by atoms with Gasteiger partial charge in [0.15, 0.2) is 0 Å². The van der Waals surface area contributed by atoms with Gasteiger partial charge in [-0.15, -0.1) is 0 Å². The van der Waals surface area contributed by atoms with Crippen LogP contribution in [0.3, 0.4) is 0 Å². The van der Waals surface area contributed by atoms with Crippen LogP contribution in [0.2, 0.25) is 0 Å². The summed E-state index contributed by atoms with van der Waals surface area (Å²) in [4.78, 5) is 19.7. The van der Waals surface area contributed by atoms with Crippen molar-refractivity contribution in [3.63, 3.8) is 0 Å². The smallest absolute Gasteiger partial charge is 0.241 e. The first-order valence-corrected chi connectivity index (χ1v) is 5.63. The molecule has 0 aliphatic rings. The number of nitrogens with zero attached hydrogens (tertiary/aromatic N) is 2. The molecule has 0 bridgehead atoms. The number of amides is 1. The minimum absolute atomic E-state index is 0.0725. The molecule has 6 nitrogen and oxygen atoms in total. The van der Waals surface area contributed by atoms with Gasteiger partial charge in [0.1, 0.15) is 24.0 Å². The molecule has 0 saturated heterocycles. The van der Waals surface area contributed by atoms with E-state index in [0.717, 1.165) is 17.8 Å². The van der Waals surface area contributed by atoms with E-state index in [4.69, 9.17) is 0 Å². The highest BCUT2D eigenvalue weighted by molar-refractivity contribution is 5.84. The number of rotatable bonds is 5. The second-order valence-corrected chi connectivity index (χ2v) is 3.63. The third-order valence-corrected chi connectivity index (χ3v) is 2.53. The van der Waals surface area contributed by atoms with E-state index in [1.54, 1.807) is 14.0 Å². The van der Waals surface area contributed by atoms with Crippen LogP contribution in [0, 0.1) is 0 Å². The van der Waals surface area contributed by atoms with Crippen LogP contribution in [-0.2, 0) is 11.2 Å². The molecule has 1 rings (SSSR count). The van der Waals surface area contributed by atoms with Gasteiger partial charge < -0.3 is 16.0 Å². The molecule has 1 aromatic rings. The molecule has 1 aromatic heterocycles. The van der Waals surface area contributed by atoms with Gasteiger partial charge in [-0.1, -0.05) is 6.92 Å². The van der Waals surface area contributed by atoms with Crippen molar-refractivity contribution in [3.8, 4) is 0 Å². The van der Waals surface area contributed by atoms with Crippen LogP contribution in [-0.4, -0.2) is 36.0 Å². The summed E-state index contributed by atoms with van der Waals surface area (Å²) in [6.07, 6.45) is 2.27. The summed E-state index contributed by atoms with van der Waals surface area (Å²) in [5.41, 5.74) is 0.978. The largest absolute Gasteiger partial charge is 0.373 e. The van der Waals surface area contributed by atoms with Crippen molar-refractivity contribution in [2.24, 2.45) is 0 Å². The summed E-state index contributed by atoms with van der Waals surface area (Å²) < 4.78 is 0. The fourth-order valence-electron chi connectivity index (χ4n) is 1.57. The highest BCUT2D eigenvalue weighted by atomic mass is 16.2. The van der Waals surface area contributed by atoms with E-state index in [1.165, 1.54) is 6.33 Å². The molecule has 0 aromatic carbocycles. The quantitative estimate of drug-likeness (QED) is 0.700. The predicted octanol–water partition coefficient (Wildman–Crippen LogP) is 0.627. The summed E-state index contributed by atoms with van der Waals surface area (Å²) in [7, 11) is 3.42. The molecule has 0 aliphatic heterocycles. The zero-order valence-electron chi connectivity index (χ0n) is 10.7. The Morgan fingerprint density at radius 1 is 1.35 bits per heavy atom. The van der Waals surface area contributed by atoms with Gasteiger partial charge in [-0.05, 0) is 13.3 Å². The highest BCUT2D eigenvalue weighted by Gasteiger charge is 2.15. The molecular formula is C11H19N5O. The molecule has 3 N–H and O–H groups in total. The number of aromatic nitrogens is 2. The average molecular weight is 237 g/mol. The molecule has 6 heteroatoms. The molecule has 1 heterocycles.